The van der Waals surface area contributed by atoms with Crippen molar-refractivity contribution in [2.45, 2.75) is 18.4 Å². The Bertz CT molecular complexity index is 440. The molecule has 26 heavy (non-hydrogen) atoms. The molecule has 0 saturated heterocycles. The van der Waals surface area contributed by atoms with Crippen LogP contribution in [0.15, 0.2) is 24.3 Å². The minimum absolute atomic E-state index is 0. The Labute approximate surface area is 148 Å². The Morgan fingerprint density at radius 3 is 1.12 bits per heavy atom. The van der Waals surface area contributed by atoms with Gasteiger partial charge in [0.25, 0.3) is 0 Å². The molecule has 0 aromatic heterocycles. The first kappa shape index (κ1) is 27.1. The van der Waals surface area contributed by atoms with Crippen molar-refractivity contribution in [3.8, 4) is 0 Å². The van der Waals surface area contributed by atoms with Crippen LogP contribution in [0.3, 0.4) is 0 Å². The van der Waals surface area contributed by atoms with Crippen molar-refractivity contribution in [3.63, 3.8) is 0 Å². The van der Waals surface area contributed by atoms with E-state index in [4.69, 9.17) is 0 Å². The highest BCUT2D eigenvalue weighted by Gasteiger charge is 2.26. The molecule has 0 atom stereocenters. The minimum atomic E-state index is -6.00. The fraction of sp³-hybridized carbons (Fsp3) is 0.400. The molecule has 1 heterocycles. The Morgan fingerprint density at radius 1 is 0.692 bits per heavy atom. The van der Waals surface area contributed by atoms with E-state index in [0.717, 1.165) is 0 Å². The van der Waals surface area contributed by atoms with Crippen LogP contribution >= 0.6 is 0 Å². The maximum absolute atomic E-state index is 9.75. The summed E-state index contributed by atoms with van der Waals surface area (Å²) < 4.78 is 117. The van der Waals surface area contributed by atoms with Crippen LogP contribution in [-0.4, -0.2) is 27.5 Å². The second-order valence-corrected chi connectivity index (χ2v) is 6.82. The molecule has 1 aliphatic heterocycles. The lowest BCUT2D eigenvalue weighted by Gasteiger charge is -1.94. The number of fused-ring (bicyclic) bond motifs is 1. The smallest absolute Gasteiger partial charge is 0.418 e. The highest BCUT2D eigenvalue weighted by atomic mass is 32.2. The fourth-order valence-corrected chi connectivity index (χ4v) is 3.49. The quantitative estimate of drug-likeness (QED) is 0.274. The summed E-state index contributed by atoms with van der Waals surface area (Å²) in [6.45, 7) is 2.30. The lowest BCUT2D eigenvalue weighted by molar-refractivity contribution is 0.366. The lowest BCUT2D eigenvalue weighted by atomic mass is 10.1. The van der Waals surface area contributed by atoms with E-state index in [1.165, 1.54) is 17.3 Å². The summed E-state index contributed by atoms with van der Waals surface area (Å²) in [5.41, 5.74) is 3.19. The third-order valence-electron chi connectivity index (χ3n) is 2.25. The number of hydrogen-bond acceptors (Lipinski definition) is 0. The summed E-state index contributed by atoms with van der Waals surface area (Å²) in [7, 11) is -17.3. The molecule has 0 bridgehead atoms. The van der Waals surface area contributed by atoms with Crippen LogP contribution in [0, 0.1) is 0 Å². The summed E-state index contributed by atoms with van der Waals surface area (Å²) in [4.78, 5) is 0. The first-order valence-corrected chi connectivity index (χ1v) is 8.46. The van der Waals surface area contributed by atoms with E-state index >= 15 is 0 Å². The summed E-state index contributed by atoms with van der Waals surface area (Å²) >= 11 is 0. The molecule has 1 aliphatic rings. The largest absolute Gasteiger partial charge is 1.00 e. The van der Waals surface area contributed by atoms with Gasteiger partial charge in [-0.2, -0.15) is 0 Å². The molecular formula is C10H15B3F12S. The lowest BCUT2D eigenvalue weighted by Crippen LogP contribution is -2.02. The van der Waals surface area contributed by atoms with E-state index in [9.17, 15) is 51.8 Å². The van der Waals surface area contributed by atoms with Gasteiger partial charge in [-0.25, -0.2) is 0 Å². The van der Waals surface area contributed by atoms with Crippen molar-refractivity contribution < 1.29 is 54.6 Å². The molecule has 0 fully saturated rings. The molecule has 0 unspecified atom stereocenters. The SMILES string of the molecule is CC[S+]1Cc2ccccc2C1.F[B-](F)(F)F.F[B-](F)(F)F.F[B-](F)(F)F.[H+].[H+]. The normalized spacial score (nSPS) is 14.0. The highest BCUT2D eigenvalue weighted by Crippen LogP contribution is 2.25. The van der Waals surface area contributed by atoms with Crippen LogP contribution < -0.4 is 0 Å². The van der Waals surface area contributed by atoms with Crippen molar-refractivity contribution >= 4 is 32.7 Å². The Kier molecular flexibility index (Phi) is 12.1. The molecule has 0 spiro atoms. The molecule has 16 heteroatoms. The molecule has 2 rings (SSSR count). The van der Waals surface area contributed by atoms with Gasteiger partial charge in [0.05, 0.1) is 0 Å². The number of hydrogen-bond donors (Lipinski definition) is 0. The van der Waals surface area contributed by atoms with E-state index in [0.29, 0.717) is 10.9 Å². The van der Waals surface area contributed by atoms with Gasteiger partial charge in [0.1, 0.15) is 17.3 Å². The standard InChI is InChI=1S/C10H13S.3BF4/c1-2-11-7-9-5-3-4-6-10(9)8-11;3*2-1(3,4)5/h3-6H,2,7-8H2,1H3;;;/q+1;3*-1/p+2. The Morgan fingerprint density at radius 2 is 0.923 bits per heavy atom. The molecule has 154 valence electrons. The van der Waals surface area contributed by atoms with Crippen molar-refractivity contribution in [3.05, 3.63) is 35.4 Å². The first-order valence-electron chi connectivity index (χ1n) is 6.73. The van der Waals surface area contributed by atoms with Crippen LogP contribution in [0.25, 0.3) is 0 Å². The number of rotatable bonds is 1. The minimum Gasteiger partial charge on any atom is -0.418 e. The zero-order chi connectivity index (χ0) is 21.2. The first-order chi connectivity index (χ1) is 11.4. The van der Waals surface area contributed by atoms with Crippen molar-refractivity contribution in [2.75, 3.05) is 5.75 Å². The van der Waals surface area contributed by atoms with Crippen LogP contribution in [0.4, 0.5) is 51.8 Å². The molecule has 0 amide bonds. The van der Waals surface area contributed by atoms with Gasteiger partial charge in [-0.05, 0) is 17.8 Å². The molecule has 1 aromatic rings. The van der Waals surface area contributed by atoms with Crippen molar-refractivity contribution in [1.82, 2.24) is 0 Å². The summed E-state index contributed by atoms with van der Waals surface area (Å²) in [6, 6.07) is 8.86. The van der Waals surface area contributed by atoms with Crippen LogP contribution in [0.5, 0.6) is 0 Å². The van der Waals surface area contributed by atoms with Crippen LogP contribution in [0.2, 0.25) is 0 Å². The predicted molar refractivity (Wildman–Crippen MR) is 84.5 cm³/mol. The van der Waals surface area contributed by atoms with Crippen LogP contribution in [-0.2, 0) is 22.4 Å². The highest BCUT2D eigenvalue weighted by molar-refractivity contribution is 7.95. The summed E-state index contributed by atoms with van der Waals surface area (Å²) in [5.74, 6) is 4.04. The van der Waals surface area contributed by atoms with E-state index in [1.807, 2.05) is 0 Å². The van der Waals surface area contributed by atoms with Crippen molar-refractivity contribution in [2.24, 2.45) is 0 Å². The van der Waals surface area contributed by atoms with Gasteiger partial charge in [-0.15, -0.1) is 0 Å². The topological polar surface area (TPSA) is 0 Å². The maximum Gasteiger partial charge on any atom is 1.00 e. The van der Waals surface area contributed by atoms with Gasteiger partial charge < -0.3 is 51.8 Å². The average molecular weight is 428 g/mol. The Hall–Kier alpha value is -1.08. The third kappa shape index (κ3) is 27.8. The van der Waals surface area contributed by atoms with Gasteiger partial charge in [0, 0.05) is 11.1 Å². The zero-order valence-electron chi connectivity index (χ0n) is 15.1. The van der Waals surface area contributed by atoms with Gasteiger partial charge in [0.15, 0.2) is 0 Å². The van der Waals surface area contributed by atoms with Gasteiger partial charge >= 0.3 is 24.6 Å². The molecular weight excluding hydrogens is 413 g/mol. The second kappa shape index (κ2) is 11.6. The molecule has 0 saturated carbocycles. The van der Waals surface area contributed by atoms with Crippen molar-refractivity contribution in [1.29, 1.82) is 0 Å². The summed E-state index contributed by atoms with van der Waals surface area (Å²) in [6.07, 6.45) is 0. The predicted octanol–water partition coefficient (Wildman–Crippen LogP) is 6.46. The second-order valence-electron chi connectivity index (χ2n) is 4.44. The van der Waals surface area contributed by atoms with E-state index in [-0.39, 0.29) is 2.85 Å². The zero-order valence-corrected chi connectivity index (χ0v) is 13.9. The van der Waals surface area contributed by atoms with Gasteiger partial charge in [0.2, 0.25) is 0 Å². The monoisotopic (exact) mass is 428 g/mol. The van der Waals surface area contributed by atoms with Crippen LogP contribution in [0.1, 0.15) is 20.9 Å². The van der Waals surface area contributed by atoms with E-state index < -0.39 is 21.8 Å². The van der Waals surface area contributed by atoms with E-state index in [1.54, 1.807) is 11.1 Å². The third-order valence-corrected chi connectivity index (χ3v) is 4.50. The molecule has 0 N–H and O–H groups in total. The molecule has 0 radical (unpaired) electrons. The number of benzene rings is 1. The average Bonchev–Trinajstić information content (AvgIpc) is 2.75. The van der Waals surface area contributed by atoms with E-state index in [2.05, 4.69) is 31.2 Å². The number of halogens is 12. The fourth-order valence-electron chi connectivity index (χ4n) is 1.53. The molecule has 0 aliphatic carbocycles. The molecule has 0 nitrogen and oxygen atoms in total. The maximum atomic E-state index is 9.75. The Balaban J connectivity index is -0.000000147. The summed E-state index contributed by atoms with van der Waals surface area (Å²) in [5, 5.41) is 0. The van der Waals surface area contributed by atoms with Gasteiger partial charge in [-0.1, -0.05) is 24.3 Å². The van der Waals surface area contributed by atoms with Gasteiger partial charge in [-0.3, -0.25) is 0 Å². The molecule has 1 aromatic carbocycles.